The minimum atomic E-state index is -0.0375. The SMILES string of the molecule is Nc1nc(CCNC(=O)c2ccc(CN3CCCCCC3)cc2)cs1. The van der Waals surface area contributed by atoms with Crippen LogP contribution in [0.5, 0.6) is 0 Å². The molecule has 2 aromatic rings. The Morgan fingerprint density at radius 3 is 2.52 bits per heavy atom. The standard InChI is InChI=1S/C19H26N4OS/c20-19-22-17(14-25-19)9-10-21-18(24)16-7-5-15(6-8-16)13-23-11-3-1-2-4-12-23/h5-8,14H,1-4,9-13H2,(H2,20,22)(H,21,24). The fourth-order valence-corrected chi connectivity index (χ4v) is 3.75. The number of nitrogen functional groups attached to an aromatic ring is 1. The van der Waals surface area contributed by atoms with Crippen LogP contribution in [0.1, 0.15) is 47.3 Å². The van der Waals surface area contributed by atoms with Crippen molar-refractivity contribution in [3.05, 3.63) is 46.5 Å². The summed E-state index contributed by atoms with van der Waals surface area (Å²) in [6, 6.07) is 7.98. The van der Waals surface area contributed by atoms with Gasteiger partial charge in [0.2, 0.25) is 0 Å². The van der Waals surface area contributed by atoms with Crippen LogP contribution in [0.25, 0.3) is 0 Å². The molecule has 0 aliphatic carbocycles. The first kappa shape index (κ1) is 17.9. The highest BCUT2D eigenvalue weighted by Crippen LogP contribution is 2.14. The smallest absolute Gasteiger partial charge is 0.251 e. The Bertz CT molecular complexity index is 675. The van der Waals surface area contributed by atoms with Gasteiger partial charge in [-0.15, -0.1) is 11.3 Å². The fourth-order valence-electron chi connectivity index (χ4n) is 3.16. The molecule has 0 spiro atoms. The fraction of sp³-hybridized carbons (Fsp3) is 0.474. The van der Waals surface area contributed by atoms with Crippen LogP contribution in [0.4, 0.5) is 5.13 Å². The van der Waals surface area contributed by atoms with E-state index in [9.17, 15) is 4.79 Å². The van der Waals surface area contributed by atoms with E-state index in [1.807, 2.05) is 17.5 Å². The maximum atomic E-state index is 12.2. The highest BCUT2D eigenvalue weighted by Gasteiger charge is 2.10. The average Bonchev–Trinajstić information content (AvgIpc) is 2.87. The number of nitrogens with one attached hydrogen (secondary N) is 1. The summed E-state index contributed by atoms with van der Waals surface area (Å²) in [5, 5.41) is 5.44. The topological polar surface area (TPSA) is 71.2 Å². The second-order valence-electron chi connectivity index (χ2n) is 6.57. The van der Waals surface area contributed by atoms with E-state index in [-0.39, 0.29) is 5.91 Å². The van der Waals surface area contributed by atoms with E-state index in [1.165, 1.54) is 55.7 Å². The van der Waals surface area contributed by atoms with Crippen LogP contribution in [0, 0.1) is 0 Å². The molecular formula is C19H26N4OS. The number of thiazole rings is 1. The van der Waals surface area contributed by atoms with E-state index >= 15 is 0 Å². The van der Waals surface area contributed by atoms with Crippen molar-refractivity contribution in [2.24, 2.45) is 0 Å². The molecule has 0 bridgehead atoms. The van der Waals surface area contributed by atoms with Crippen molar-refractivity contribution in [3.8, 4) is 0 Å². The summed E-state index contributed by atoms with van der Waals surface area (Å²) in [7, 11) is 0. The quantitative estimate of drug-likeness (QED) is 0.832. The van der Waals surface area contributed by atoms with Gasteiger partial charge in [0, 0.05) is 30.5 Å². The van der Waals surface area contributed by atoms with E-state index in [4.69, 9.17) is 5.73 Å². The van der Waals surface area contributed by atoms with Gasteiger partial charge < -0.3 is 11.1 Å². The van der Waals surface area contributed by atoms with Crippen LogP contribution in [0.15, 0.2) is 29.6 Å². The molecule has 5 nitrogen and oxygen atoms in total. The number of aromatic nitrogens is 1. The third-order valence-corrected chi connectivity index (χ3v) is 5.28. The average molecular weight is 359 g/mol. The summed E-state index contributed by atoms with van der Waals surface area (Å²) in [4.78, 5) is 18.9. The first-order valence-corrected chi connectivity index (χ1v) is 9.88. The lowest BCUT2D eigenvalue weighted by Crippen LogP contribution is -2.26. The summed E-state index contributed by atoms with van der Waals surface area (Å²) < 4.78 is 0. The first-order chi connectivity index (χ1) is 12.2. The van der Waals surface area contributed by atoms with Crippen LogP contribution in [0.3, 0.4) is 0 Å². The van der Waals surface area contributed by atoms with Crippen molar-refractivity contribution in [3.63, 3.8) is 0 Å². The van der Waals surface area contributed by atoms with Crippen LogP contribution in [0.2, 0.25) is 0 Å². The molecule has 1 aromatic carbocycles. The third kappa shape index (κ3) is 5.54. The van der Waals surface area contributed by atoms with E-state index in [2.05, 4.69) is 27.3 Å². The van der Waals surface area contributed by atoms with Gasteiger partial charge >= 0.3 is 0 Å². The molecule has 6 heteroatoms. The molecule has 3 rings (SSSR count). The number of anilines is 1. The number of likely N-dealkylation sites (tertiary alicyclic amines) is 1. The molecule has 1 amide bonds. The van der Waals surface area contributed by atoms with E-state index < -0.39 is 0 Å². The largest absolute Gasteiger partial charge is 0.375 e. The van der Waals surface area contributed by atoms with E-state index in [0.717, 1.165) is 12.2 Å². The number of hydrogen-bond donors (Lipinski definition) is 2. The minimum Gasteiger partial charge on any atom is -0.375 e. The zero-order chi connectivity index (χ0) is 17.5. The number of benzene rings is 1. The summed E-state index contributed by atoms with van der Waals surface area (Å²) >= 11 is 1.43. The van der Waals surface area contributed by atoms with Gasteiger partial charge in [0.1, 0.15) is 0 Å². The predicted octanol–water partition coefficient (Wildman–Crippen LogP) is 3.07. The number of amides is 1. The van der Waals surface area contributed by atoms with Crippen molar-refractivity contribution >= 4 is 22.4 Å². The molecule has 1 aliphatic heterocycles. The lowest BCUT2D eigenvalue weighted by Gasteiger charge is -2.19. The Morgan fingerprint density at radius 2 is 1.88 bits per heavy atom. The van der Waals surface area contributed by atoms with Crippen LogP contribution in [-0.2, 0) is 13.0 Å². The monoisotopic (exact) mass is 358 g/mol. The number of carbonyl (C=O) groups is 1. The summed E-state index contributed by atoms with van der Waals surface area (Å²) in [5.74, 6) is -0.0375. The zero-order valence-electron chi connectivity index (χ0n) is 14.5. The Hall–Kier alpha value is -1.92. The van der Waals surface area contributed by atoms with Gasteiger partial charge in [0.05, 0.1) is 5.69 Å². The molecule has 25 heavy (non-hydrogen) atoms. The van der Waals surface area contributed by atoms with Gasteiger partial charge in [-0.25, -0.2) is 4.98 Å². The number of hydrogen-bond acceptors (Lipinski definition) is 5. The number of nitrogens with two attached hydrogens (primary N) is 1. The molecule has 0 radical (unpaired) electrons. The van der Waals surface area contributed by atoms with Crippen molar-refractivity contribution in [2.45, 2.75) is 38.6 Å². The summed E-state index contributed by atoms with van der Waals surface area (Å²) in [6.45, 7) is 3.91. The molecule has 134 valence electrons. The number of carbonyl (C=O) groups excluding carboxylic acids is 1. The van der Waals surface area contributed by atoms with Crippen molar-refractivity contribution in [1.29, 1.82) is 0 Å². The molecule has 1 aromatic heterocycles. The molecule has 3 N–H and O–H groups in total. The van der Waals surface area contributed by atoms with Gasteiger partial charge in [-0.3, -0.25) is 9.69 Å². The lowest BCUT2D eigenvalue weighted by molar-refractivity contribution is 0.0954. The summed E-state index contributed by atoms with van der Waals surface area (Å²) in [5.41, 5.74) is 8.51. The number of nitrogens with zero attached hydrogens (tertiary/aromatic N) is 2. The van der Waals surface area contributed by atoms with Gasteiger partial charge in [0.25, 0.3) is 5.91 Å². The maximum Gasteiger partial charge on any atom is 0.251 e. The first-order valence-electron chi connectivity index (χ1n) is 9.00. The maximum absolute atomic E-state index is 12.2. The number of rotatable bonds is 6. The Kier molecular flexibility index (Phi) is 6.42. The van der Waals surface area contributed by atoms with Gasteiger partial charge in [-0.05, 0) is 43.6 Å². The predicted molar refractivity (Wildman–Crippen MR) is 103 cm³/mol. The van der Waals surface area contributed by atoms with Crippen LogP contribution < -0.4 is 11.1 Å². The highest BCUT2D eigenvalue weighted by molar-refractivity contribution is 7.13. The molecular weight excluding hydrogens is 332 g/mol. The normalized spacial score (nSPS) is 15.7. The minimum absolute atomic E-state index is 0.0375. The molecule has 1 fully saturated rings. The van der Waals surface area contributed by atoms with Crippen molar-refractivity contribution in [1.82, 2.24) is 15.2 Å². The second-order valence-corrected chi connectivity index (χ2v) is 7.46. The van der Waals surface area contributed by atoms with E-state index in [1.54, 1.807) is 0 Å². The molecule has 0 atom stereocenters. The Morgan fingerprint density at radius 1 is 1.16 bits per heavy atom. The molecule has 1 aliphatic rings. The van der Waals surface area contributed by atoms with Gasteiger partial charge in [-0.2, -0.15) is 0 Å². The second kappa shape index (κ2) is 8.97. The molecule has 2 heterocycles. The Balaban J connectivity index is 1.46. The molecule has 0 unspecified atom stereocenters. The zero-order valence-corrected chi connectivity index (χ0v) is 15.4. The third-order valence-electron chi connectivity index (χ3n) is 4.56. The lowest BCUT2D eigenvalue weighted by atomic mass is 10.1. The van der Waals surface area contributed by atoms with Crippen LogP contribution in [-0.4, -0.2) is 35.4 Å². The van der Waals surface area contributed by atoms with E-state index in [0.29, 0.717) is 23.7 Å². The Labute approximate surface area is 153 Å². The van der Waals surface area contributed by atoms with Crippen LogP contribution >= 0.6 is 11.3 Å². The van der Waals surface area contributed by atoms with Crippen molar-refractivity contribution in [2.75, 3.05) is 25.4 Å². The van der Waals surface area contributed by atoms with Gasteiger partial charge in [-0.1, -0.05) is 25.0 Å². The molecule has 0 saturated carbocycles. The van der Waals surface area contributed by atoms with Gasteiger partial charge in [0.15, 0.2) is 5.13 Å². The summed E-state index contributed by atoms with van der Waals surface area (Å²) in [6.07, 6.45) is 5.99. The van der Waals surface area contributed by atoms with Crippen molar-refractivity contribution < 1.29 is 4.79 Å². The highest BCUT2D eigenvalue weighted by atomic mass is 32.1. The molecule has 1 saturated heterocycles.